The van der Waals surface area contributed by atoms with Gasteiger partial charge in [-0.2, -0.15) is 13.2 Å². The van der Waals surface area contributed by atoms with E-state index in [-0.39, 0.29) is 12.0 Å². The van der Waals surface area contributed by atoms with Crippen LogP contribution in [0.5, 0.6) is 0 Å². The lowest BCUT2D eigenvalue weighted by Gasteiger charge is -2.37. The van der Waals surface area contributed by atoms with Crippen molar-refractivity contribution < 1.29 is 22.7 Å². The van der Waals surface area contributed by atoms with Crippen LogP contribution in [0.15, 0.2) is 24.3 Å². The normalized spacial score (nSPS) is 17.7. The molecule has 1 aromatic rings. The van der Waals surface area contributed by atoms with E-state index in [1.54, 1.807) is 17.0 Å². The predicted molar refractivity (Wildman–Crippen MR) is 98.6 cm³/mol. The average molecular weight is 386 g/mol. The standard InChI is InChI=1S/C20H29F3N2O2/c1-19(2,3)27-18(26)25-11-9-15(10-12-25)17(13-24-4)14-5-7-16(8-6-14)20(21,22)23/h5-8,15,17,24H,9-13H2,1-4H3. The van der Waals surface area contributed by atoms with E-state index in [1.165, 1.54) is 0 Å². The lowest BCUT2D eigenvalue weighted by atomic mass is 9.80. The zero-order chi connectivity index (χ0) is 20.2. The smallest absolute Gasteiger partial charge is 0.416 e. The third-order valence-corrected chi connectivity index (χ3v) is 4.85. The van der Waals surface area contributed by atoms with E-state index in [1.807, 2.05) is 27.8 Å². The Morgan fingerprint density at radius 1 is 1.19 bits per heavy atom. The van der Waals surface area contributed by atoms with Crippen LogP contribution >= 0.6 is 0 Å². The first-order valence-corrected chi connectivity index (χ1v) is 9.31. The van der Waals surface area contributed by atoms with Gasteiger partial charge in [0.05, 0.1) is 5.56 Å². The van der Waals surface area contributed by atoms with E-state index in [0.717, 1.165) is 30.5 Å². The molecule has 1 aliphatic rings. The van der Waals surface area contributed by atoms with Gasteiger partial charge in [0, 0.05) is 19.6 Å². The molecule has 2 rings (SSSR count). The van der Waals surface area contributed by atoms with Crippen LogP contribution in [-0.4, -0.2) is 43.3 Å². The van der Waals surface area contributed by atoms with Gasteiger partial charge in [0.2, 0.25) is 0 Å². The van der Waals surface area contributed by atoms with Crippen molar-refractivity contribution in [3.8, 4) is 0 Å². The average Bonchev–Trinajstić information content (AvgIpc) is 2.58. The topological polar surface area (TPSA) is 41.6 Å². The van der Waals surface area contributed by atoms with Gasteiger partial charge in [-0.25, -0.2) is 4.79 Å². The first-order chi connectivity index (χ1) is 12.5. The Morgan fingerprint density at radius 3 is 2.19 bits per heavy atom. The molecule has 152 valence electrons. The van der Waals surface area contributed by atoms with Crippen LogP contribution in [0.4, 0.5) is 18.0 Å². The highest BCUT2D eigenvalue weighted by molar-refractivity contribution is 5.68. The molecule has 27 heavy (non-hydrogen) atoms. The summed E-state index contributed by atoms with van der Waals surface area (Å²) < 4.78 is 43.8. The molecule has 0 aliphatic carbocycles. The Kier molecular flexibility index (Phi) is 6.78. The van der Waals surface area contributed by atoms with Gasteiger partial charge >= 0.3 is 12.3 Å². The molecule has 0 saturated carbocycles. The minimum Gasteiger partial charge on any atom is -0.444 e. The number of carbonyl (C=O) groups excluding carboxylic acids is 1. The lowest BCUT2D eigenvalue weighted by molar-refractivity contribution is -0.137. The van der Waals surface area contributed by atoms with Crippen molar-refractivity contribution in [2.45, 2.75) is 51.3 Å². The Hall–Kier alpha value is -1.76. The molecule has 1 heterocycles. The highest BCUT2D eigenvalue weighted by Crippen LogP contribution is 2.35. The van der Waals surface area contributed by atoms with Gasteiger partial charge in [-0.3, -0.25) is 0 Å². The fourth-order valence-corrected chi connectivity index (χ4v) is 3.51. The maximum Gasteiger partial charge on any atom is 0.416 e. The lowest BCUT2D eigenvalue weighted by Crippen LogP contribution is -2.43. The van der Waals surface area contributed by atoms with Gasteiger partial charge in [0.25, 0.3) is 0 Å². The minimum atomic E-state index is -4.32. The molecule has 0 radical (unpaired) electrons. The fourth-order valence-electron chi connectivity index (χ4n) is 3.51. The molecule has 0 spiro atoms. The summed E-state index contributed by atoms with van der Waals surface area (Å²) in [6.07, 6.45) is -3.03. The second-order valence-electron chi connectivity index (χ2n) is 8.09. The number of alkyl halides is 3. The number of benzene rings is 1. The molecule has 1 unspecified atom stereocenters. The summed E-state index contributed by atoms with van der Waals surface area (Å²) >= 11 is 0. The third-order valence-electron chi connectivity index (χ3n) is 4.85. The van der Waals surface area contributed by atoms with Crippen LogP contribution in [0.1, 0.15) is 50.7 Å². The number of rotatable bonds is 4. The summed E-state index contributed by atoms with van der Waals surface area (Å²) in [5.74, 6) is 0.408. The van der Waals surface area contributed by atoms with E-state index < -0.39 is 17.3 Å². The number of hydrogen-bond donors (Lipinski definition) is 1. The van der Waals surface area contributed by atoms with Gasteiger partial charge in [-0.05, 0) is 70.2 Å². The van der Waals surface area contributed by atoms with Crippen LogP contribution in [0.3, 0.4) is 0 Å². The highest BCUT2D eigenvalue weighted by Gasteiger charge is 2.33. The summed E-state index contributed by atoms with van der Waals surface area (Å²) in [6.45, 7) is 7.39. The molecule has 7 heteroatoms. The van der Waals surface area contributed by atoms with Gasteiger partial charge in [-0.15, -0.1) is 0 Å². The number of nitrogens with zero attached hydrogens (tertiary/aromatic N) is 1. The zero-order valence-corrected chi connectivity index (χ0v) is 16.4. The highest BCUT2D eigenvalue weighted by atomic mass is 19.4. The number of carbonyl (C=O) groups is 1. The van der Waals surface area contributed by atoms with E-state index in [9.17, 15) is 18.0 Å². The van der Waals surface area contributed by atoms with Crippen molar-refractivity contribution >= 4 is 6.09 Å². The van der Waals surface area contributed by atoms with Gasteiger partial charge in [-0.1, -0.05) is 12.1 Å². The molecule has 1 aliphatic heterocycles. The van der Waals surface area contributed by atoms with Crippen LogP contribution in [0.25, 0.3) is 0 Å². The molecule has 1 N–H and O–H groups in total. The molecule has 0 bridgehead atoms. The van der Waals surface area contributed by atoms with Gasteiger partial charge in [0.1, 0.15) is 5.60 Å². The summed E-state index contributed by atoms with van der Waals surface area (Å²) in [5, 5.41) is 3.15. The molecule has 1 amide bonds. The molecule has 1 fully saturated rings. The van der Waals surface area contributed by atoms with E-state index in [0.29, 0.717) is 25.6 Å². The fraction of sp³-hybridized carbons (Fsp3) is 0.650. The SMILES string of the molecule is CNCC(c1ccc(C(F)(F)F)cc1)C1CCN(C(=O)OC(C)(C)C)CC1. The first kappa shape index (κ1) is 21.5. The maximum absolute atomic E-state index is 12.8. The molecular weight excluding hydrogens is 357 g/mol. The zero-order valence-electron chi connectivity index (χ0n) is 16.4. The van der Waals surface area contributed by atoms with E-state index in [4.69, 9.17) is 4.74 Å². The van der Waals surface area contributed by atoms with Crippen LogP contribution in [-0.2, 0) is 10.9 Å². The predicted octanol–water partition coefficient (Wildman–Crippen LogP) is 4.66. The number of amides is 1. The quantitative estimate of drug-likeness (QED) is 0.819. The van der Waals surface area contributed by atoms with Crippen molar-refractivity contribution in [3.63, 3.8) is 0 Å². The molecular formula is C20H29F3N2O2. The Bertz CT molecular complexity index is 616. The summed E-state index contributed by atoms with van der Waals surface area (Å²) in [6, 6.07) is 5.44. The number of hydrogen-bond acceptors (Lipinski definition) is 3. The van der Waals surface area contributed by atoms with Crippen molar-refractivity contribution in [2.24, 2.45) is 5.92 Å². The van der Waals surface area contributed by atoms with Crippen molar-refractivity contribution in [2.75, 3.05) is 26.7 Å². The number of likely N-dealkylation sites (tertiary alicyclic amines) is 1. The Balaban J connectivity index is 2.03. The van der Waals surface area contributed by atoms with Crippen molar-refractivity contribution in [1.82, 2.24) is 10.2 Å². The van der Waals surface area contributed by atoms with Crippen LogP contribution in [0.2, 0.25) is 0 Å². The second-order valence-corrected chi connectivity index (χ2v) is 8.09. The third kappa shape index (κ3) is 6.13. The molecule has 4 nitrogen and oxygen atoms in total. The number of likely N-dealkylation sites (N-methyl/N-ethyl adjacent to an activating group) is 1. The second kappa shape index (κ2) is 8.50. The van der Waals surface area contributed by atoms with E-state index >= 15 is 0 Å². The van der Waals surface area contributed by atoms with Crippen molar-refractivity contribution in [1.29, 1.82) is 0 Å². The Morgan fingerprint density at radius 2 is 1.74 bits per heavy atom. The van der Waals surface area contributed by atoms with Crippen LogP contribution < -0.4 is 5.32 Å². The molecule has 1 saturated heterocycles. The van der Waals surface area contributed by atoms with Crippen molar-refractivity contribution in [3.05, 3.63) is 35.4 Å². The number of nitrogens with one attached hydrogen (secondary N) is 1. The number of halogens is 3. The number of piperidine rings is 1. The van der Waals surface area contributed by atoms with Gasteiger partial charge in [0.15, 0.2) is 0 Å². The first-order valence-electron chi connectivity index (χ1n) is 9.31. The summed E-state index contributed by atoms with van der Waals surface area (Å²) in [4.78, 5) is 13.9. The minimum absolute atomic E-state index is 0.109. The monoisotopic (exact) mass is 386 g/mol. The largest absolute Gasteiger partial charge is 0.444 e. The summed E-state index contributed by atoms with van der Waals surface area (Å²) in [5.41, 5.74) is -0.259. The molecule has 1 atom stereocenters. The Labute approximate surface area is 159 Å². The summed E-state index contributed by atoms with van der Waals surface area (Å²) in [7, 11) is 1.84. The van der Waals surface area contributed by atoms with Crippen LogP contribution in [0, 0.1) is 5.92 Å². The molecule has 1 aromatic carbocycles. The van der Waals surface area contributed by atoms with Gasteiger partial charge < -0.3 is 15.0 Å². The maximum atomic E-state index is 12.8. The number of ether oxygens (including phenoxy) is 1. The van der Waals surface area contributed by atoms with E-state index in [2.05, 4.69) is 5.32 Å². The molecule has 0 aromatic heterocycles.